The molecule has 2 aromatic carbocycles. The summed E-state index contributed by atoms with van der Waals surface area (Å²) in [6.07, 6.45) is 0.743. The number of rotatable bonds is 9. The summed E-state index contributed by atoms with van der Waals surface area (Å²) in [6.45, 7) is 2.37. The van der Waals surface area contributed by atoms with Crippen LogP contribution in [-0.2, 0) is 24.4 Å². The molecule has 0 amide bonds. The standard InChI is InChI=1S/C25H21ClN2O5S/c1-14-10-15(4-8-19(14)26)5-9-20(29)22-27-23(30)21-18(13-34-24(21)28-22)12-33-11-16-2-6-17(7-3-16)25(31)32/h2-4,6-8,10,13H,5,9,11-12H2,1H3,(H,31,32)(H,27,28,30). The van der Waals surface area contributed by atoms with E-state index < -0.39 is 5.97 Å². The number of benzene rings is 2. The topological polar surface area (TPSA) is 109 Å². The zero-order valence-electron chi connectivity index (χ0n) is 18.3. The highest BCUT2D eigenvalue weighted by Crippen LogP contribution is 2.23. The molecule has 0 aliphatic heterocycles. The third-order valence-electron chi connectivity index (χ3n) is 5.37. The first-order chi connectivity index (χ1) is 16.3. The summed E-state index contributed by atoms with van der Waals surface area (Å²) < 4.78 is 5.71. The molecule has 9 heteroatoms. The summed E-state index contributed by atoms with van der Waals surface area (Å²) in [5.41, 5.74) is 3.28. The predicted molar refractivity (Wildman–Crippen MR) is 131 cm³/mol. The fourth-order valence-corrected chi connectivity index (χ4v) is 4.55. The van der Waals surface area contributed by atoms with E-state index in [0.717, 1.165) is 16.7 Å². The van der Waals surface area contributed by atoms with E-state index in [9.17, 15) is 14.4 Å². The molecule has 2 heterocycles. The fourth-order valence-electron chi connectivity index (χ4n) is 3.51. The summed E-state index contributed by atoms with van der Waals surface area (Å²) in [5, 5.41) is 11.9. The Morgan fingerprint density at radius 2 is 1.85 bits per heavy atom. The number of halogens is 1. The molecule has 2 N–H and O–H groups in total. The number of carboxylic acid groups (broad SMARTS) is 1. The van der Waals surface area contributed by atoms with Gasteiger partial charge in [-0.15, -0.1) is 11.3 Å². The van der Waals surface area contributed by atoms with Crippen LogP contribution in [0.3, 0.4) is 0 Å². The number of aromatic amines is 1. The molecule has 0 radical (unpaired) electrons. The van der Waals surface area contributed by atoms with E-state index >= 15 is 0 Å². The van der Waals surface area contributed by atoms with Gasteiger partial charge in [0.25, 0.3) is 5.56 Å². The van der Waals surface area contributed by atoms with Crippen molar-refractivity contribution >= 4 is 44.9 Å². The first kappa shape index (κ1) is 23.8. The quantitative estimate of drug-likeness (QED) is 0.309. The summed E-state index contributed by atoms with van der Waals surface area (Å²) >= 11 is 7.33. The van der Waals surface area contributed by atoms with Crippen LogP contribution in [0, 0.1) is 6.92 Å². The van der Waals surface area contributed by atoms with Gasteiger partial charge in [-0.3, -0.25) is 9.59 Å². The van der Waals surface area contributed by atoms with Crippen LogP contribution in [-0.4, -0.2) is 26.8 Å². The van der Waals surface area contributed by atoms with Crippen molar-refractivity contribution in [2.45, 2.75) is 33.0 Å². The molecular weight excluding hydrogens is 476 g/mol. The highest BCUT2D eigenvalue weighted by Gasteiger charge is 2.16. The van der Waals surface area contributed by atoms with Gasteiger partial charge >= 0.3 is 5.97 Å². The zero-order valence-corrected chi connectivity index (χ0v) is 19.8. The van der Waals surface area contributed by atoms with Crippen molar-refractivity contribution in [3.63, 3.8) is 0 Å². The van der Waals surface area contributed by atoms with Gasteiger partial charge in [-0.05, 0) is 53.6 Å². The third-order valence-corrected chi connectivity index (χ3v) is 6.72. The maximum Gasteiger partial charge on any atom is 0.335 e. The number of ether oxygens (including phenoxy) is 1. The minimum Gasteiger partial charge on any atom is -0.478 e. The lowest BCUT2D eigenvalue weighted by Gasteiger charge is -2.05. The second-order valence-electron chi connectivity index (χ2n) is 7.86. The number of thiophene rings is 1. The van der Waals surface area contributed by atoms with Crippen molar-refractivity contribution in [1.82, 2.24) is 9.97 Å². The van der Waals surface area contributed by atoms with Crippen LogP contribution in [0.5, 0.6) is 0 Å². The Labute approximate surface area is 204 Å². The van der Waals surface area contributed by atoms with Gasteiger partial charge in [-0.25, -0.2) is 9.78 Å². The van der Waals surface area contributed by atoms with Gasteiger partial charge in [-0.2, -0.15) is 0 Å². The lowest BCUT2D eigenvalue weighted by atomic mass is 10.0. The number of aromatic carboxylic acids is 1. The Morgan fingerprint density at radius 3 is 2.56 bits per heavy atom. The average Bonchev–Trinajstić information content (AvgIpc) is 3.23. The van der Waals surface area contributed by atoms with E-state index in [0.29, 0.717) is 27.2 Å². The molecule has 4 rings (SSSR count). The number of fused-ring (bicyclic) bond motifs is 1. The van der Waals surface area contributed by atoms with E-state index in [-0.39, 0.29) is 42.4 Å². The first-order valence-electron chi connectivity index (χ1n) is 10.5. The van der Waals surface area contributed by atoms with Gasteiger partial charge in [0, 0.05) is 17.0 Å². The summed E-state index contributed by atoms with van der Waals surface area (Å²) in [6, 6.07) is 12.0. The van der Waals surface area contributed by atoms with Crippen LogP contribution in [0.15, 0.2) is 52.6 Å². The number of aryl methyl sites for hydroxylation is 2. The Hall–Kier alpha value is -3.33. The highest BCUT2D eigenvalue weighted by atomic mass is 35.5. The number of hydrogen-bond acceptors (Lipinski definition) is 6. The largest absolute Gasteiger partial charge is 0.478 e. The fraction of sp³-hybridized carbons (Fsp3) is 0.200. The van der Waals surface area contributed by atoms with Gasteiger partial charge in [0.05, 0.1) is 24.2 Å². The van der Waals surface area contributed by atoms with Gasteiger partial charge in [0.2, 0.25) is 0 Å². The van der Waals surface area contributed by atoms with Gasteiger partial charge in [0.1, 0.15) is 4.83 Å². The van der Waals surface area contributed by atoms with Crippen LogP contribution < -0.4 is 5.56 Å². The molecule has 7 nitrogen and oxygen atoms in total. The molecule has 0 aliphatic carbocycles. The van der Waals surface area contributed by atoms with E-state index in [2.05, 4.69) is 9.97 Å². The molecule has 0 fully saturated rings. The molecule has 2 aromatic heterocycles. The van der Waals surface area contributed by atoms with Crippen molar-refractivity contribution < 1.29 is 19.4 Å². The smallest absolute Gasteiger partial charge is 0.335 e. The van der Waals surface area contributed by atoms with Crippen molar-refractivity contribution in [2.75, 3.05) is 0 Å². The van der Waals surface area contributed by atoms with Crippen LogP contribution in [0.1, 0.15) is 49.7 Å². The Balaban J connectivity index is 1.41. The van der Waals surface area contributed by atoms with Crippen molar-refractivity contribution in [1.29, 1.82) is 0 Å². The molecule has 4 aromatic rings. The molecule has 174 valence electrons. The Kier molecular flexibility index (Phi) is 7.21. The zero-order chi connectivity index (χ0) is 24.2. The lowest BCUT2D eigenvalue weighted by molar-refractivity contribution is 0.0696. The minimum absolute atomic E-state index is 0.0519. The van der Waals surface area contributed by atoms with Gasteiger partial charge in [-0.1, -0.05) is 35.9 Å². The van der Waals surface area contributed by atoms with Crippen molar-refractivity contribution in [2.24, 2.45) is 0 Å². The molecule has 0 aliphatic rings. The third kappa shape index (κ3) is 5.41. The summed E-state index contributed by atoms with van der Waals surface area (Å²) in [4.78, 5) is 43.8. The summed E-state index contributed by atoms with van der Waals surface area (Å²) in [5.74, 6) is -1.17. The Morgan fingerprint density at radius 1 is 1.12 bits per heavy atom. The van der Waals surface area contributed by atoms with Crippen LogP contribution in [0.4, 0.5) is 0 Å². The molecule has 0 spiro atoms. The van der Waals surface area contributed by atoms with Crippen LogP contribution in [0.2, 0.25) is 5.02 Å². The van der Waals surface area contributed by atoms with E-state index in [1.54, 1.807) is 17.5 Å². The number of carbonyl (C=O) groups excluding carboxylic acids is 1. The number of carboxylic acids is 1. The normalized spacial score (nSPS) is 11.1. The first-order valence-corrected chi connectivity index (χ1v) is 11.8. The molecule has 0 atom stereocenters. The molecule has 0 saturated heterocycles. The van der Waals surface area contributed by atoms with E-state index in [1.165, 1.54) is 23.5 Å². The number of H-pyrrole nitrogens is 1. The SMILES string of the molecule is Cc1cc(CCC(=O)c2nc3scc(COCc4ccc(C(=O)O)cc4)c3c(=O)[nH]2)ccc1Cl. The van der Waals surface area contributed by atoms with Gasteiger partial charge < -0.3 is 14.8 Å². The summed E-state index contributed by atoms with van der Waals surface area (Å²) in [7, 11) is 0. The number of carbonyl (C=O) groups is 2. The van der Waals surface area contributed by atoms with Crippen molar-refractivity contribution in [3.05, 3.63) is 96.9 Å². The van der Waals surface area contributed by atoms with Crippen LogP contribution >= 0.6 is 22.9 Å². The lowest BCUT2D eigenvalue weighted by Crippen LogP contribution is -2.16. The Bertz CT molecular complexity index is 1430. The number of hydrogen-bond donors (Lipinski definition) is 2. The monoisotopic (exact) mass is 496 g/mol. The number of nitrogens with one attached hydrogen (secondary N) is 1. The maximum absolute atomic E-state index is 12.7. The number of Topliss-reactive ketones (excluding diaryl/α,β-unsaturated/α-hetero) is 1. The number of nitrogens with zero attached hydrogens (tertiary/aromatic N) is 1. The second kappa shape index (κ2) is 10.3. The van der Waals surface area contributed by atoms with Gasteiger partial charge in [0.15, 0.2) is 11.6 Å². The average molecular weight is 497 g/mol. The molecule has 0 saturated carbocycles. The number of aromatic nitrogens is 2. The predicted octanol–water partition coefficient (Wildman–Crippen LogP) is 5.18. The minimum atomic E-state index is -0.984. The molecule has 0 bridgehead atoms. The van der Waals surface area contributed by atoms with E-state index in [1.807, 2.05) is 25.1 Å². The second-order valence-corrected chi connectivity index (χ2v) is 9.12. The highest BCUT2D eigenvalue weighted by molar-refractivity contribution is 7.16. The van der Waals surface area contributed by atoms with Crippen LogP contribution in [0.25, 0.3) is 10.2 Å². The molecule has 0 unspecified atom stereocenters. The molecule has 34 heavy (non-hydrogen) atoms. The molecular formula is C25H21ClN2O5S. The maximum atomic E-state index is 12.7. The van der Waals surface area contributed by atoms with Crippen molar-refractivity contribution in [3.8, 4) is 0 Å². The number of ketones is 1. The van der Waals surface area contributed by atoms with E-state index in [4.69, 9.17) is 21.4 Å².